The second-order valence-corrected chi connectivity index (χ2v) is 2.24. The summed E-state index contributed by atoms with van der Waals surface area (Å²) >= 11 is 0. The van der Waals surface area contributed by atoms with Gasteiger partial charge in [-0.25, -0.2) is 0 Å². The average molecular weight is 224 g/mol. The van der Waals surface area contributed by atoms with Gasteiger partial charge in [-0.05, 0) is 0 Å². The average Bonchev–Trinajstić information content (AvgIpc) is 1.95. The maximum absolute atomic E-state index is 11.8. The Bertz CT molecular complexity index is 191. The van der Waals surface area contributed by atoms with Crippen molar-refractivity contribution in [1.29, 1.82) is 0 Å². The van der Waals surface area contributed by atoms with E-state index in [4.69, 9.17) is 5.11 Å². The Morgan fingerprint density at radius 2 is 1.43 bits per heavy atom. The van der Waals surface area contributed by atoms with Crippen molar-refractivity contribution in [3.63, 3.8) is 0 Å². The highest BCUT2D eigenvalue weighted by Gasteiger charge is 2.72. The smallest absolute Gasteiger partial charge is 0.351 e. The Hall–Kier alpha value is -0.760. The van der Waals surface area contributed by atoms with E-state index in [0.29, 0.717) is 6.08 Å². The quantitative estimate of drug-likeness (QED) is 0.451. The third-order valence-electron chi connectivity index (χ3n) is 1.18. The third kappa shape index (κ3) is 2.38. The molecule has 84 valence electrons. The molecule has 0 saturated heterocycles. The molecule has 0 atom stereocenters. The molecule has 0 radical (unpaired) electrons. The molecule has 0 amide bonds. The standard InChI is InChI=1S/C6H6F6O2/c1-2-3-14-4(13,5(7,8)9)6(10,11)12/h2,13H,1,3H2. The van der Waals surface area contributed by atoms with E-state index in [0.717, 1.165) is 0 Å². The van der Waals surface area contributed by atoms with E-state index in [1.54, 1.807) is 0 Å². The fraction of sp³-hybridized carbons (Fsp3) is 0.667. The van der Waals surface area contributed by atoms with Gasteiger partial charge in [-0.2, -0.15) is 26.3 Å². The van der Waals surface area contributed by atoms with Crippen molar-refractivity contribution < 1.29 is 36.2 Å². The van der Waals surface area contributed by atoms with Gasteiger partial charge in [0.1, 0.15) is 0 Å². The van der Waals surface area contributed by atoms with Crippen LogP contribution < -0.4 is 0 Å². The van der Waals surface area contributed by atoms with E-state index in [1.165, 1.54) is 0 Å². The minimum absolute atomic E-state index is 0.655. The molecule has 0 aliphatic rings. The van der Waals surface area contributed by atoms with Crippen LogP contribution in [0, 0.1) is 0 Å². The molecule has 0 aliphatic heterocycles. The Morgan fingerprint density at radius 3 is 1.64 bits per heavy atom. The highest BCUT2D eigenvalue weighted by Crippen LogP contribution is 2.43. The number of halogens is 6. The lowest BCUT2D eigenvalue weighted by Gasteiger charge is -2.31. The number of hydrogen-bond donors (Lipinski definition) is 1. The van der Waals surface area contributed by atoms with Gasteiger partial charge >= 0.3 is 18.1 Å². The molecule has 0 heterocycles. The lowest BCUT2D eigenvalue weighted by Crippen LogP contribution is -2.58. The maximum Gasteiger partial charge on any atom is 0.453 e. The van der Waals surface area contributed by atoms with Crippen LogP contribution in [0.1, 0.15) is 0 Å². The molecule has 8 heteroatoms. The van der Waals surface area contributed by atoms with E-state index in [-0.39, 0.29) is 0 Å². The highest BCUT2D eigenvalue weighted by atomic mass is 19.4. The van der Waals surface area contributed by atoms with E-state index in [1.807, 2.05) is 0 Å². The van der Waals surface area contributed by atoms with Gasteiger partial charge in [0.25, 0.3) is 0 Å². The monoisotopic (exact) mass is 224 g/mol. The molecule has 1 N–H and O–H groups in total. The second-order valence-electron chi connectivity index (χ2n) is 2.24. The number of aliphatic hydroxyl groups is 1. The fourth-order valence-electron chi connectivity index (χ4n) is 0.504. The zero-order chi connectivity index (χ0) is 11.6. The molecule has 0 spiro atoms. The van der Waals surface area contributed by atoms with Crippen molar-refractivity contribution in [1.82, 2.24) is 0 Å². The first kappa shape index (κ1) is 13.2. The van der Waals surface area contributed by atoms with Gasteiger partial charge in [0.2, 0.25) is 0 Å². The molecule has 0 bridgehead atoms. The summed E-state index contributed by atoms with van der Waals surface area (Å²) in [6.45, 7) is 1.78. The Balaban J connectivity index is 4.96. The van der Waals surface area contributed by atoms with Gasteiger partial charge in [-0.1, -0.05) is 6.08 Å². The van der Waals surface area contributed by atoms with Crippen LogP contribution in [0.3, 0.4) is 0 Å². The highest BCUT2D eigenvalue weighted by molar-refractivity contribution is 4.86. The van der Waals surface area contributed by atoms with Crippen LogP contribution in [0.5, 0.6) is 0 Å². The van der Waals surface area contributed by atoms with Crippen LogP contribution in [0.15, 0.2) is 12.7 Å². The summed E-state index contributed by atoms with van der Waals surface area (Å²) in [5.74, 6) is -5.14. The van der Waals surface area contributed by atoms with E-state index < -0.39 is 24.7 Å². The van der Waals surface area contributed by atoms with Gasteiger partial charge in [-0.3, -0.25) is 0 Å². The normalized spacial score (nSPS) is 14.2. The molecule has 0 rings (SSSR count). The minimum Gasteiger partial charge on any atom is -0.351 e. The summed E-state index contributed by atoms with van der Waals surface area (Å²) in [5.41, 5.74) is 0. The van der Waals surface area contributed by atoms with Crippen molar-refractivity contribution in [3.05, 3.63) is 12.7 Å². The molecule has 2 nitrogen and oxygen atoms in total. The molecule has 0 saturated carbocycles. The lowest BCUT2D eigenvalue weighted by molar-refractivity contribution is -0.455. The summed E-state index contributed by atoms with van der Waals surface area (Å²) in [6.07, 6.45) is -11.2. The SMILES string of the molecule is C=CCOC(O)(C(F)(F)F)C(F)(F)F. The Morgan fingerprint density at radius 1 is 1.07 bits per heavy atom. The summed E-state index contributed by atoms with van der Waals surface area (Å²) < 4.78 is 74.1. The first-order valence-corrected chi connectivity index (χ1v) is 3.17. The summed E-state index contributed by atoms with van der Waals surface area (Å²) in [5, 5.41) is 8.30. The van der Waals surface area contributed by atoms with E-state index >= 15 is 0 Å². The third-order valence-corrected chi connectivity index (χ3v) is 1.18. The predicted molar refractivity (Wildman–Crippen MR) is 33.2 cm³/mol. The molecule has 0 fully saturated rings. The van der Waals surface area contributed by atoms with Crippen LogP contribution in [-0.2, 0) is 4.74 Å². The molecule has 0 aliphatic carbocycles. The largest absolute Gasteiger partial charge is 0.453 e. The van der Waals surface area contributed by atoms with E-state index in [9.17, 15) is 26.3 Å². The first-order chi connectivity index (χ1) is 6.06. The van der Waals surface area contributed by atoms with E-state index in [2.05, 4.69) is 11.3 Å². The number of alkyl halides is 6. The molecule has 0 aromatic heterocycles. The number of rotatable bonds is 3. The molecular formula is C6H6F6O2. The fourth-order valence-corrected chi connectivity index (χ4v) is 0.504. The van der Waals surface area contributed by atoms with Gasteiger partial charge in [0.15, 0.2) is 0 Å². The van der Waals surface area contributed by atoms with Gasteiger partial charge < -0.3 is 9.84 Å². The predicted octanol–water partition coefficient (Wildman–Crippen LogP) is 2.00. The van der Waals surface area contributed by atoms with Crippen LogP contribution >= 0.6 is 0 Å². The van der Waals surface area contributed by atoms with Crippen molar-refractivity contribution in [3.8, 4) is 0 Å². The number of hydrogen-bond acceptors (Lipinski definition) is 2. The zero-order valence-electron chi connectivity index (χ0n) is 6.61. The van der Waals surface area contributed by atoms with Crippen molar-refractivity contribution in [2.75, 3.05) is 6.61 Å². The number of ether oxygens (including phenoxy) is 1. The molecule has 0 unspecified atom stereocenters. The summed E-state index contributed by atoms with van der Waals surface area (Å²) in [4.78, 5) is 0. The first-order valence-electron chi connectivity index (χ1n) is 3.17. The van der Waals surface area contributed by atoms with Crippen molar-refractivity contribution in [2.24, 2.45) is 0 Å². The Kier molecular flexibility index (Phi) is 3.57. The Labute approximate surface area is 74.8 Å². The van der Waals surface area contributed by atoms with Gasteiger partial charge in [0.05, 0.1) is 6.61 Å². The zero-order valence-corrected chi connectivity index (χ0v) is 6.61. The van der Waals surface area contributed by atoms with Crippen molar-refractivity contribution in [2.45, 2.75) is 18.1 Å². The molecular weight excluding hydrogens is 218 g/mol. The molecule has 0 aromatic carbocycles. The van der Waals surface area contributed by atoms with Crippen molar-refractivity contribution >= 4 is 0 Å². The van der Waals surface area contributed by atoms with Gasteiger partial charge in [0, 0.05) is 0 Å². The van der Waals surface area contributed by atoms with Crippen LogP contribution in [0.2, 0.25) is 0 Å². The topological polar surface area (TPSA) is 29.5 Å². The minimum atomic E-state index is -5.95. The molecule has 14 heavy (non-hydrogen) atoms. The summed E-state index contributed by atoms with van der Waals surface area (Å²) in [7, 11) is 0. The van der Waals surface area contributed by atoms with Gasteiger partial charge in [-0.15, -0.1) is 6.58 Å². The maximum atomic E-state index is 11.8. The molecule has 0 aromatic rings. The van der Waals surface area contributed by atoms with Crippen LogP contribution in [-0.4, -0.2) is 29.9 Å². The summed E-state index contributed by atoms with van der Waals surface area (Å²) in [6, 6.07) is 0. The lowest BCUT2D eigenvalue weighted by atomic mass is 10.2. The van der Waals surface area contributed by atoms with Crippen LogP contribution in [0.25, 0.3) is 0 Å². The van der Waals surface area contributed by atoms with Crippen LogP contribution in [0.4, 0.5) is 26.3 Å². The second kappa shape index (κ2) is 3.77.